The Labute approximate surface area is 99.5 Å². The molecule has 0 radical (unpaired) electrons. The van der Waals surface area contributed by atoms with Crippen LogP contribution >= 0.6 is 0 Å². The Bertz CT molecular complexity index is 511. The molecule has 0 amide bonds. The molecule has 1 aromatic rings. The van der Waals surface area contributed by atoms with Gasteiger partial charge in [0.25, 0.3) is 5.69 Å². The van der Waals surface area contributed by atoms with Crippen molar-refractivity contribution >= 4 is 15.5 Å². The molecule has 0 bridgehead atoms. The van der Waals surface area contributed by atoms with Crippen LogP contribution in [0.15, 0.2) is 24.3 Å². The Hall–Kier alpha value is -1.47. The van der Waals surface area contributed by atoms with Gasteiger partial charge >= 0.3 is 0 Å². The van der Waals surface area contributed by atoms with E-state index in [0.29, 0.717) is 5.56 Å². The third kappa shape index (κ3) is 4.49. The zero-order valence-electron chi connectivity index (χ0n) is 9.37. The SMILES string of the molecule is CC(N)CS(=O)(=O)Cc1cccc([N+](=O)[O-])c1. The zero-order valence-corrected chi connectivity index (χ0v) is 10.2. The van der Waals surface area contributed by atoms with Crippen molar-refractivity contribution in [3.8, 4) is 0 Å². The molecule has 2 N–H and O–H groups in total. The maximum Gasteiger partial charge on any atom is 0.269 e. The van der Waals surface area contributed by atoms with Gasteiger partial charge in [0, 0.05) is 18.2 Å². The first-order chi connectivity index (χ1) is 7.80. The molecule has 0 spiro atoms. The van der Waals surface area contributed by atoms with Gasteiger partial charge in [0.2, 0.25) is 0 Å². The van der Waals surface area contributed by atoms with E-state index in [-0.39, 0.29) is 17.2 Å². The predicted octanol–water partition coefficient (Wildman–Crippen LogP) is 0.857. The van der Waals surface area contributed by atoms with Crippen molar-refractivity contribution in [2.24, 2.45) is 5.73 Å². The molecule has 17 heavy (non-hydrogen) atoms. The van der Waals surface area contributed by atoms with E-state index < -0.39 is 20.8 Å². The summed E-state index contributed by atoms with van der Waals surface area (Å²) in [5.74, 6) is -0.355. The number of hydrogen-bond donors (Lipinski definition) is 1. The van der Waals surface area contributed by atoms with E-state index >= 15 is 0 Å². The highest BCUT2D eigenvalue weighted by Gasteiger charge is 2.16. The number of nitro benzene ring substituents is 1. The second kappa shape index (κ2) is 5.24. The highest BCUT2D eigenvalue weighted by atomic mass is 32.2. The van der Waals surface area contributed by atoms with Gasteiger partial charge in [0.05, 0.1) is 16.4 Å². The average molecular weight is 258 g/mol. The molecule has 1 atom stereocenters. The number of rotatable bonds is 5. The van der Waals surface area contributed by atoms with E-state index in [1.165, 1.54) is 18.2 Å². The van der Waals surface area contributed by atoms with E-state index in [4.69, 9.17) is 5.73 Å². The lowest BCUT2D eigenvalue weighted by atomic mass is 10.2. The minimum absolute atomic E-state index is 0.113. The summed E-state index contributed by atoms with van der Waals surface area (Å²) in [7, 11) is -3.32. The van der Waals surface area contributed by atoms with Crippen molar-refractivity contribution in [2.45, 2.75) is 18.7 Å². The molecule has 7 heteroatoms. The van der Waals surface area contributed by atoms with Crippen molar-refractivity contribution < 1.29 is 13.3 Å². The molecule has 0 fully saturated rings. The standard InChI is InChI=1S/C10H14N2O4S/c1-8(11)6-17(15,16)7-9-3-2-4-10(5-9)12(13)14/h2-5,8H,6-7,11H2,1H3. The predicted molar refractivity (Wildman–Crippen MR) is 64.2 cm³/mol. The molecular formula is C10H14N2O4S. The highest BCUT2D eigenvalue weighted by Crippen LogP contribution is 2.15. The lowest BCUT2D eigenvalue weighted by Gasteiger charge is -2.06. The lowest BCUT2D eigenvalue weighted by Crippen LogP contribution is -2.27. The number of sulfone groups is 1. The quantitative estimate of drug-likeness (QED) is 0.623. The molecule has 94 valence electrons. The van der Waals surface area contributed by atoms with Gasteiger partial charge < -0.3 is 5.73 Å². The van der Waals surface area contributed by atoms with Gasteiger partial charge in [-0.1, -0.05) is 12.1 Å². The minimum Gasteiger partial charge on any atom is -0.327 e. The number of non-ortho nitro benzene ring substituents is 1. The number of nitro groups is 1. The molecule has 0 aliphatic carbocycles. The normalized spacial score (nSPS) is 13.3. The Kier molecular flexibility index (Phi) is 4.19. The summed E-state index contributed by atoms with van der Waals surface area (Å²) in [6.07, 6.45) is 0. The van der Waals surface area contributed by atoms with Crippen molar-refractivity contribution in [3.63, 3.8) is 0 Å². The van der Waals surface area contributed by atoms with Gasteiger partial charge in [0.15, 0.2) is 9.84 Å². The van der Waals surface area contributed by atoms with E-state index in [1.54, 1.807) is 13.0 Å². The van der Waals surface area contributed by atoms with Gasteiger partial charge in [-0.2, -0.15) is 0 Å². The summed E-state index contributed by atoms with van der Waals surface area (Å²) in [4.78, 5) is 9.98. The summed E-state index contributed by atoms with van der Waals surface area (Å²) in [6, 6.07) is 5.15. The Morgan fingerprint density at radius 2 is 2.12 bits per heavy atom. The Morgan fingerprint density at radius 1 is 1.47 bits per heavy atom. The van der Waals surface area contributed by atoms with Gasteiger partial charge in [-0.3, -0.25) is 10.1 Å². The molecular weight excluding hydrogens is 244 g/mol. The van der Waals surface area contributed by atoms with Crippen LogP contribution in [0.25, 0.3) is 0 Å². The third-order valence-electron chi connectivity index (χ3n) is 2.02. The molecule has 0 aliphatic rings. The number of benzene rings is 1. The fraction of sp³-hybridized carbons (Fsp3) is 0.400. The topological polar surface area (TPSA) is 103 Å². The van der Waals surface area contributed by atoms with Gasteiger partial charge in [-0.05, 0) is 12.5 Å². The molecule has 1 rings (SSSR count). The number of nitrogens with two attached hydrogens (primary N) is 1. The highest BCUT2D eigenvalue weighted by molar-refractivity contribution is 7.90. The van der Waals surface area contributed by atoms with Crippen LogP contribution in [0.5, 0.6) is 0 Å². The molecule has 0 saturated carbocycles. The van der Waals surface area contributed by atoms with E-state index in [2.05, 4.69) is 0 Å². The fourth-order valence-electron chi connectivity index (χ4n) is 1.47. The van der Waals surface area contributed by atoms with Crippen LogP contribution in [0.3, 0.4) is 0 Å². The monoisotopic (exact) mass is 258 g/mol. The van der Waals surface area contributed by atoms with Crippen molar-refractivity contribution in [1.29, 1.82) is 0 Å². The van der Waals surface area contributed by atoms with Crippen LogP contribution in [0.4, 0.5) is 5.69 Å². The number of hydrogen-bond acceptors (Lipinski definition) is 5. The first-order valence-corrected chi connectivity index (χ1v) is 6.81. The Morgan fingerprint density at radius 3 is 2.65 bits per heavy atom. The van der Waals surface area contributed by atoms with Crippen LogP contribution in [-0.2, 0) is 15.6 Å². The van der Waals surface area contributed by atoms with Crippen molar-refractivity contribution in [1.82, 2.24) is 0 Å². The lowest BCUT2D eigenvalue weighted by molar-refractivity contribution is -0.384. The number of nitrogens with zero attached hydrogens (tertiary/aromatic N) is 1. The largest absolute Gasteiger partial charge is 0.327 e. The summed E-state index contributed by atoms with van der Waals surface area (Å²) in [5.41, 5.74) is 5.71. The summed E-state index contributed by atoms with van der Waals surface area (Å²) >= 11 is 0. The third-order valence-corrected chi connectivity index (χ3v) is 3.83. The van der Waals surface area contributed by atoms with Crippen LogP contribution in [0.1, 0.15) is 12.5 Å². The van der Waals surface area contributed by atoms with Crippen molar-refractivity contribution in [3.05, 3.63) is 39.9 Å². The van der Waals surface area contributed by atoms with Crippen molar-refractivity contribution in [2.75, 3.05) is 5.75 Å². The van der Waals surface area contributed by atoms with E-state index in [1.807, 2.05) is 0 Å². The second-order valence-corrected chi connectivity index (χ2v) is 6.07. The summed E-state index contributed by atoms with van der Waals surface area (Å²) in [6.45, 7) is 1.60. The molecule has 1 aromatic carbocycles. The Balaban J connectivity index is 2.89. The average Bonchev–Trinajstić information content (AvgIpc) is 2.14. The molecule has 0 aromatic heterocycles. The molecule has 1 unspecified atom stereocenters. The molecule has 0 heterocycles. The van der Waals surface area contributed by atoms with Crippen LogP contribution < -0.4 is 5.73 Å². The fourth-order valence-corrected chi connectivity index (χ4v) is 3.08. The van der Waals surface area contributed by atoms with E-state index in [0.717, 1.165) is 0 Å². The van der Waals surface area contributed by atoms with Crippen LogP contribution in [0.2, 0.25) is 0 Å². The smallest absolute Gasteiger partial charge is 0.269 e. The first kappa shape index (κ1) is 13.6. The summed E-state index contributed by atoms with van der Waals surface area (Å²) < 4.78 is 23.3. The van der Waals surface area contributed by atoms with Gasteiger partial charge in [0.1, 0.15) is 0 Å². The van der Waals surface area contributed by atoms with Crippen LogP contribution in [0, 0.1) is 10.1 Å². The maximum absolute atomic E-state index is 11.6. The summed E-state index contributed by atoms with van der Waals surface area (Å²) in [5, 5.41) is 10.5. The van der Waals surface area contributed by atoms with Gasteiger partial charge in [-0.25, -0.2) is 8.42 Å². The molecule has 0 saturated heterocycles. The van der Waals surface area contributed by atoms with Gasteiger partial charge in [-0.15, -0.1) is 0 Å². The molecule has 0 aliphatic heterocycles. The maximum atomic E-state index is 11.6. The zero-order chi connectivity index (χ0) is 13.1. The van der Waals surface area contributed by atoms with Crippen LogP contribution in [-0.4, -0.2) is 25.1 Å². The minimum atomic E-state index is -3.32. The molecule has 6 nitrogen and oxygen atoms in total. The first-order valence-electron chi connectivity index (χ1n) is 4.99. The van der Waals surface area contributed by atoms with E-state index in [9.17, 15) is 18.5 Å². The second-order valence-electron chi connectivity index (χ2n) is 3.96.